The number of rotatable bonds is 5. The fourth-order valence-corrected chi connectivity index (χ4v) is 3.38. The number of nitrogens with one attached hydrogen (secondary N) is 1. The van der Waals surface area contributed by atoms with Gasteiger partial charge in [-0.05, 0) is 54.1 Å². The van der Waals surface area contributed by atoms with Crippen LogP contribution in [0, 0.1) is 11.3 Å². The van der Waals surface area contributed by atoms with E-state index in [4.69, 9.17) is 0 Å². The van der Waals surface area contributed by atoms with Crippen molar-refractivity contribution in [3.8, 4) is 6.07 Å². The van der Waals surface area contributed by atoms with E-state index in [0.29, 0.717) is 5.56 Å². The van der Waals surface area contributed by atoms with Crippen LogP contribution in [0.25, 0.3) is 6.08 Å². The van der Waals surface area contributed by atoms with E-state index in [-0.39, 0.29) is 11.3 Å². The van der Waals surface area contributed by atoms with Crippen LogP contribution in [-0.2, 0) is 11.0 Å². The number of benzene rings is 3. The Morgan fingerprint density at radius 1 is 0.933 bits per heavy atom. The average molecular weight is 424 g/mol. The quantitative estimate of drug-likeness (QED) is 0.381. The van der Waals surface area contributed by atoms with Gasteiger partial charge < -0.3 is 5.32 Å². The normalized spacial score (nSPS) is 11.6. The molecule has 0 bridgehead atoms. The van der Waals surface area contributed by atoms with Crippen LogP contribution in [0.5, 0.6) is 0 Å². The maximum atomic E-state index is 12.8. The molecule has 0 spiro atoms. The molecule has 0 aliphatic rings. The molecule has 0 saturated carbocycles. The number of nitriles is 1. The summed E-state index contributed by atoms with van der Waals surface area (Å²) in [5, 5.41) is 11.6. The molecule has 0 saturated heterocycles. The number of nitrogens with zero attached hydrogens (tertiary/aromatic N) is 1. The molecule has 150 valence electrons. The second kappa shape index (κ2) is 9.33. The molecular formula is C23H15F3N2OS. The standard InChI is InChI=1S/C23H15F3N2OS/c24-23(25,26)18-5-4-6-19(14-18)28-22(29)17(15-27)13-16-9-11-21(12-10-16)30-20-7-2-1-3-8-20/h1-14H,(H,28,29)/b17-13-. The molecule has 1 N–H and O–H groups in total. The Bertz CT molecular complexity index is 1100. The van der Waals surface area contributed by atoms with Crippen LogP contribution in [0.2, 0.25) is 0 Å². The molecule has 0 radical (unpaired) electrons. The van der Waals surface area contributed by atoms with Crippen LogP contribution in [0.3, 0.4) is 0 Å². The SMILES string of the molecule is N#C/C(=C/c1ccc(Sc2ccccc2)cc1)C(=O)Nc1cccc(C(F)(F)F)c1. The van der Waals surface area contributed by atoms with Gasteiger partial charge in [0, 0.05) is 15.5 Å². The number of alkyl halides is 3. The van der Waals surface area contributed by atoms with Gasteiger partial charge >= 0.3 is 6.18 Å². The highest BCUT2D eigenvalue weighted by Gasteiger charge is 2.30. The van der Waals surface area contributed by atoms with E-state index in [9.17, 15) is 23.2 Å². The lowest BCUT2D eigenvalue weighted by Gasteiger charge is -2.09. The van der Waals surface area contributed by atoms with Gasteiger partial charge in [0.1, 0.15) is 11.6 Å². The fraction of sp³-hybridized carbons (Fsp3) is 0.0435. The van der Waals surface area contributed by atoms with E-state index >= 15 is 0 Å². The zero-order valence-corrected chi connectivity index (χ0v) is 16.3. The van der Waals surface area contributed by atoms with Crippen molar-refractivity contribution >= 4 is 29.4 Å². The maximum absolute atomic E-state index is 12.8. The van der Waals surface area contributed by atoms with E-state index in [1.807, 2.05) is 42.5 Å². The molecule has 1 amide bonds. The first-order valence-corrected chi connectivity index (χ1v) is 9.60. The third-order valence-corrected chi connectivity index (χ3v) is 5.00. The smallest absolute Gasteiger partial charge is 0.321 e. The largest absolute Gasteiger partial charge is 0.416 e. The molecule has 0 atom stereocenters. The van der Waals surface area contributed by atoms with Gasteiger partial charge in [-0.3, -0.25) is 4.79 Å². The molecule has 0 aromatic heterocycles. The second-order valence-corrected chi connectivity index (χ2v) is 7.33. The molecule has 0 unspecified atom stereocenters. The van der Waals surface area contributed by atoms with Gasteiger partial charge in [-0.2, -0.15) is 18.4 Å². The van der Waals surface area contributed by atoms with Crippen molar-refractivity contribution in [2.45, 2.75) is 16.0 Å². The highest BCUT2D eigenvalue weighted by Crippen LogP contribution is 2.31. The highest BCUT2D eigenvalue weighted by atomic mass is 32.2. The maximum Gasteiger partial charge on any atom is 0.416 e. The summed E-state index contributed by atoms with van der Waals surface area (Å²) in [4.78, 5) is 14.4. The van der Waals surface area contributed by atoms with Crippen molar-refractivity contribution < 1.29 is 18.0 Å². The van der Waals surface area contributed by atoms with E-state index < -0.39 is 17.6 Å². The third kappa shape index (κ3) is 5.75. The Kier molecular flexibility index (Phi) is 6.60. The Balaban J connectivity index is 1.72. The number of halogens is 3. The van der Waals surface area contributed by atoms with Gasteiger partial charge in [-0.1, -0.05) is 48.2 Å². The Hall–Kier alpha value is -3.50. The summed E-state index contributed by atoms with van der Waals surface area (Å²) >= 11 is 1.58. The summed E-state index contributed by atoms with van der Waals surface area (Å²) < 4.78 is 38.4. The fourth-order valence-electron chi connectivity index (χ4n) is 2.54. The lowest BCUT2D eigenvalue weighted by molar-refractivity contribution is -0.137. The number of carbonyl (C=O) groups is 1. The highest BCUT2D eigenvalue weighted by molar-refractivity contribution is 7.99. The lowest BCUT2D eigenvalue weighted by atomic mass is 10.1. The minimum Gasteiger partial charge on any atom is -0.321 e. The van der Waals surface area contributed by atoms with Crippen molar-refractivity contribution in [2.24, 2.45) is 0 Å². The van der Waals surface area contributed by atoms with Crippen molar-refractivity contribution in [3.05, 3.63) is 95.6 Å². The van der Waals surface area contributed by atoms with E-state index in [2.05, 4.69) is 5.32 Å². The van der Waals surface area contributed by atoms with E-state index in [1.54, 1.807) is 30.0 Å². The third-order valence-electron chi connectivity index (χ3n) is 3.98. The van der Waals surface area contributed by atoms with E-state index in [0.717, 1.165) is 21.9 Å². The Morgan fingerprint density at radius 2 is 1.60 bits per heavy atom. The topological polar surface area (TPSA) is 52.9 Å². The van der Waals surface area contributed by atoms with Crippen LogP contribution in [0.15, 0.2) is 94.2 Å². The van der Waals surface area contributed by atoms with Crippen LogP contribution in [0.1, 0.15) is 11.1 Å². The van der Waals surface area contributed by atoms with Crippen molar-refractivity contribution in [1.82, 2.24) is 0 Å². The molecular weight excluding hydrogens is 409 g/mol. The molecule has 3 aromatic rings. The van der Waals surface area contributed by atoms with Crippen molar-refractivity contribution in [1.29, 1.82) is 5.26 Å². The molecule has 7 heteroatoms. The molecule has 0 heterocycles. The minimum atomic E-state index is -4.52. The number of anilines is 1. The summed E-state index contributed by atoms with van der Waals surface area (Å²) in [7, 11) is 0. The molecule has 0 aliphatic carbocycles. The van der Waals surface area contributed by atoms with Crippen LogP contribution >= 0.6 is 11.8 Å². The zero-order chi connectivity index (χ0) is 21.6. The zero-order valence-electron chi connectivity index (χ0n) is 15.5. The van der Waals surface area contributed by atoms with Gasteiger partial charge in [-0.15, -0.1) is 0 Å². The van der Waals surface area contributed by atoms with Gasteiger partial charge in [-0.25, -0.2) is 0 Å². The lowest BCUT2D eigenvalue weighted by Crippen LogP contribution is -2.14. The summed E-state index contributed by atoms with van der Waals surface area (Å²) in [6.45, 7) is 0. The molecule has 3 nitrogen and oxygen atoms in total. The number of amides is 1. The van der Waals surface area contributed by atoms with Crippen LogP contribution in [0.4, 0.5) is 18.9 Å². The Labute approximate surface area is 175 Å². The van der Waals surface area contributed by atoms with Crippen LogP contribution in [-0.4, -0.2) is 5.91 Å². The first kappa shape index (κ1) is 21.2. The molecule has 3 aromatic carbocycles. The molecule has 3 rings (SSSR count). The van der Waals surface area contributed by atoms with Gasteiger partial charge in [0.05, 0.1) is 5.56 Å². The number of carbonyl (C=O) groups excluding carboxylic acids is 1. The Morgan fingerprint density at radius 3 is 2.23 bits per heavy atom. The summed E-state index contributed by atoms with van der Waals surface area (Å²) in [5.41, 5.74) is -0.501. The van der Waals surface area contributed by atoms with Gasteiger partial charge in [0.2, 0.25) is 0 Å². The summed E-state index contributed by atoms with van der Waals surface area (Å²) in [5.74, 6) is -0.778. The second-order valence-electron chi connectivity index (χ2n) is 6.19. The molecule has 0 fully saturated rings. The monoisotopic (exact) mass is 424 g/mol. The van der Waals surface area contributed by atoms with Crippen LogP contribution < -0.4 is 5.32 Å². The summed E-state index contributed by atoms with van der Waals surface area (Å²) in [6.07, 6.45) is -3.13. The van der Waals surface area contributed by atoms with E-state index in [1.165, 1.54) is 18.2 Å². The molecule has 0 aliphatic heterocycles. The first-order chi connectivity index (χ1) is 14.3. The van der Waals surface area contributed by atoms with Gasteiger partial charge in [0.15, 0.2) is 0 Å². The predicted molar refractivity (Wildman–Crippen MR) is 111 cm³/mol. The van der Waals surface area contributed by atoms with Gasteiger partial charge in [0.25, 0.3) is 5.91 Å². The average Bonchev–Trinajstić information content (AvgIpc) is 2.73. The van der Waals surface area contributed by atoms with Crippen molar-refractivity contribution in [3.63, 3.8) is 0 Å². The first-order valence-electron chi connectivity index (χ1n) is 8.78. The van der Waals surface area contributed by atoms with Crippen molar-refractivity contribution in [2.75, 3.05) is 5.32 Å². The summed E-state index contributed by atoms with van der Waals surface area (Å²) in [6, 6.07) is 23.1. The predicted octanol–water partition coefficient (Wildman–Crippen LogP) is 6.40. The number of hydrogen-bond acceptors (Lipinski definition) is 3. The number of hydrogen-bond donors (Lipinski definition) is 1. The molecule has 30 heavy (non-hydrogen) atoms. The minimum absolute atomic E-state index is 0.0365.